The zero-order valence-corrected chi connectivity index (χ0v) is 21.1. The Morgan fingerprint density at radius 1 is 0.969 bits per heavy atom. The minimum atomic E-state index is -0.671. The molecule has 1 amide bonds. The normalized spacial score (nSPS) is 13.1. The van der Waals surface area contributed by atoms with E-state index in [0.29, 0.717) is 11.5 Å². The number of benzene rings is 1. The van der Waals surface area contributed by atoms with Gasteiger partial charge in [0, 0.05) is 17.7 Å². The minimum absolute atomic E-state index is 0.00504. The van der Waals surface area contributed by atoms with Crippen molar-refractivity contribution < 1.29 is 28.5 Å². The lowest BCUT2D eigenvalue weighted by Crippen LogP contribution is -2.44. The van der Waals surface area contributed by atoms with Crippen molar-refractivity contribution in [2.45, 2.75) is 79.2 Å². The lowest BCUT2D eigenvalue weighted by molar-refractivity contribution is -0.148. The predicted molar refractivity (Wildman–Crippen MR) is 125 cm³/mol. The topological polar surface area (TPSA) is 74.3 Å². The van der Waals surface area contributed by atoms with Gasteiger partial charge in [0.05, 0.1) is 26.8 Å². The van der Waals surface area contributed by atoms with Crippen LogP contribution in [0.4, 0.5) is 4.79 Å². The van der Waals surface area contributed by atoms with Crippen LogP contribution in [0.15, 0.2) is 30.4 Å². The molecule has 7 nitrogen and oxygen atoms in total. The maximum atomic E-state index is 13.2. The van der Waals surface area contributed by atoms with Gasteiger partial charge in [-0.3, -0.25) is 4.90 Å². The summed E-state index contributed by atoms with van der Waals surface area (Å²) < 4.78 is 21.8. The van der Waals surface area contributed by atoms with E-state index in [4.69, 9.17) is 18.9 Å². The Morgan fingerprint density at radius 2 is 1.56 bits per heavy atom. The molecule has 1 aromatic carbocycles. The van der Waals surface area contributed by atoms with Gasteiger partial charge in [-0.1, -0.05) is 19.9 Å². The van der Waals surface area contributed by atoms with Crippen molar-refractivity contribution >= 4 is 12.1 Å². The number of ether oxygens (including phenoxy) is 4. The third kappa shape index (κ3) is 9.20. The van der Waals surface area contributed by atoms with Gasteiger partial charge in [0.1, 0.15) is 22.7 Å². The van der Waals surface area contributed by atoms with E-state index in [1.807, 2.05) is 67.5 Å². The van der Waals surface area contributed by atoms with Crippen molar-refractivity contribution in [3.63, 3.8) is 0 Å². The first-order valence-electron chi connectivity index (χ1n) is 10.8. The summed E-state index contributed by atoms with van der Waals surface area (Å²) in [5.74, 6) is 0.788. The van der Waals surface area contributed by atoms with E-state index in [1.165, 1.54) is 6.08 Å². The summed E-state index contributed by atoms with van der Waals surface area (Å²) in [7, 11) is 3.15. The Morgan fingerprint density at radius 3 is 2.03 bits per heavy atom. The highest BCUT2D eigenvalue weighted by molar-refractivity contribution is 5.82. The van der Waals surface area contributed by atoms with Crippen molar-refractivity contribution in [3.05, 3.63) is 35.9 Å². The second-order valence-electron chi connectivity index (χ2n) is 9.91. The van der Waals surface area contributed by atoms with Crippen LogP contribution in [-0.4, -0.2) is 48.4 Å². The highest BCUT2D eigenvalue weighted by Crippen LogP contribution is 2.28. The second-order valence-corrected chi connectivity index (χ2v) is 9.91. The van der Waals surface area contributed by atoms with Crippen LogP contribution in [0.2, 0.25) is 0 Å². The largest absolute Gasteiger partial charge is 0.497 e. The quantitative estimate of drug-likeness (QED) is 0.393. The number of esters is 1. The van der Waals surface area contributed by atoms with E-state index < -0.39 is 29.3 Å². The van der Waals surface area contributed by atoms with Crippen LogP contribution in [0, 0.1) is 5.92 Å². The Hall–Kier alpha value is -2.70. The minimum Gasteiger partial charge on any atom is -0.497 e. The molecule has 0 radical (unpaired) electrons. The number of carbonyl (C=O) groups is 2. The molecule has 0 spiro atoms. The summed E-state index contributed by atoms with van der Waals surface area (Å²) in [4.78, 5) is 27.1. The molecule has 0 aliphatic rings. The molecule has 7 heteroatoms. The number of rotatable bonds is 8. The molecule has 1 atom stereocenters. The number of hydrogen-bond donors (Lipinski definition) is 0. The number of amides is 1. The monoisotopic (exact) mass is 449 g/mol. The van der Waals surface area contributed by atoms with Gasteiger partial charge in [0.25, 0.3) is 0 Å². The lowest BCUT2D eigenvalue weighted by atomic mass is 10.0. The second kappa shape index (κ2) is 11.2. The molecular formula is C25H39NO6. The molecule has 0 aromatic heterocycles. The molecule has 0 saturated carbocycles. The average molecular weight is 450 g/mol. The van der Waals surface area contributed by atoms with Crippen LogP contribution < -0.4 is 9.47 Å². The summed E-state index contributed by atoms with van der Waals surface area (Å²) in [6.07, 6.45) is 2.58. The van der Waals surface area contributed by atoms with Crippen molar-refractivity contribution in [1.82, 2.24) is 4.90 Å². The Kier molecular flexibility index (Phi) is 9.61. The van der Waals surface area contributed by atoms with Gasteiger partial charge < -0.3 is 18.9 Å². The lowest BCUT2D eigenvalue weighted by Gasteiger charge is -2.34. The van der Waals surface area contributed by atoms with Crippen LogP contribution >= 0.6 is 0 Å². The fourth-order valence-corrected chi connectivity index (χ4v) is 2.98. The van der Waals surface area contributed by atoms with Crippen LogP contribution in [0.25, 0.3) is 0 Å². The fourth-order valence-electron chi connectivity index (χ4n) is 2.98. The van der Waals surface area contributed by atoms with Gasteiger partial charge in [0.15, 0.2) is 0 Å². The maximum Gasteiger partial charge on any atom is 0.411 e. The van der Waals surface area contributed by atoms with Crippen LogP contribution in [-0.2, 0) is 20.8 Å². The average Bonchev–Trinajstić information content (AvgIpc) is 2.64. The summed E-state index contributed by atoms with van der Waals surface area (Å²) in [5, 5.41) is 0. The van der Waals surface area contributed by atoms with Crippen LogP contribution in [0.3, 0.4) is 0 Å². The van der Waals surface area contributed by atoms with Gasteiger partial charge in [0.2, 0.25) is 0 Å². The van der Waals surface area contributed by atoms with Crippen molar-refractivity contribution in [1.29, 1.82) is 0 Å². The summed E-state index contributed by atoms with van der Waals surface area (Å²) in [6.45, 7) is 15.1. The van der Waals surface area contributed by atoms with Gasteiger partial charge in [-0.25, -0.2) is 9.59 Å². The SMILES string of the molecule is COc1ccc(CN(C(=O)OC(C)(C)C)C(/C=C\C(=O)OC(C)(C)C)C(C)C)c(OC)c1. The number of nitrogens with zero attached hydrogens (tertiary/aromatic N) is 1. The first-order valence-corrected chi connectivity index (χ1v) is 10.8. The highest BCUT2D eigenvalue weighted by Gasteiger charge is 2.30. The molecule has 0 bridgehead atoms. The molecule has 0 heterocycles. The molecule has 0 aliphatic carbocycles. The molecule has 32 heavy (non-hydrogen) atoms. The zero-order valence-electron chi connectivity index (χ0n) is 21.1. The molecular weight excluding hydrogens is 410 g/mol. The zero-order chi connectivity index (χ0) is 24.7. The molecule has 0 aliphatic heterocycles. The summed E-state index contributed by atoms with van der Waals surface area (Å²) in [6, 6.07) is 5.02. The highest BCUT2D eigenvalue weighted by atomic mass is 16.6. The predicted octanol–water partition coefficient (Wildman–Crippen LogP) is 5.36. The third-order valence-electron chi connectivity index (χ3n) is 4.34. The molecule has 1 aromatic rings. The van der Waals surface area contributed by atoms with Crippen LogP contribution in [0.5, 0.6) is 11.5 Å². The van der Waals surface area contributed by atoms with E-state index in [0.717, 1.165) is 5.56 Å². The van der Waals surface area contributed by atoms with E-state index in [9.17, 15) is 9.59 Å². The first kappa shape index (κ1) is 27.3. The van der Waals surface area contributed by atoms with Gasteiger partial charge in [-0.05, 0) is 59.6 Å². The van der Waals surface area contributed by atoms with E-state index >= 15 is 0 Å². The standard InChI is InChI=1S/C25H39NO6/c1-17(2)20(13-14-22(27)31-24(3,4)5)26(23(28)32-25(6,7)8)16-18-11-12-19(29-9)15-21(18)30-10/h11-15,17,20H,16H2,1-10H3/b14-13-. The Balaban J connectivity index is 3.34. The van der Waals surface area contributed by atoms with Crippen LogP contribution in [0.1, 0.15) is 61.0 Å². The first-order chi connectivity index (χ1) is 14.7. The molecule has 1 rings (SSSR count). The molecule has 180 valence electrons. The Bertz CT molecular complexity index is 802. The van der Waals surface area contributed by atoms with E-state index in [1.54, 1.807) is 31.3 Å². The fraction of sp³-hybridized carbons (Fsp3) is 0.600. The molecule has 1 unspecified atom stereocenters. The third-order valence-corrected chi connectivity index (χ3v) is 4.34. The van der Waals surface area contributed by atoms with Gasteiger partial charge in [-0.2, -0.15) is 0 Å². The van der Waals surface area contributed by atoms with Crippen molar-refractivity contribution in [2.75, 3.05) is 14.2 Å². The van der Waals surface area contributed by atoms with E-state index in [-0.39, 0.29) is 12.5 Å². The molecule has 0 N–H and O–H groups in total. The van der Waals surface area contributed by atoms with Gasteiger partial charge in [-0.15, -0.1) is 0 Å². The number of methoxy groups -OCH3 is 2. The number of hydrogen-bond acceptors (Lipinski definition) is 6. The Labute approximate surface area is 192 Å². The molecule has 0 fully saturated rings. The van der Waals surface area contributed by atoms with Gasteiger partial charge >= 0.3 is 12.1 Å². The molecule has 0 saturated heterocycles. The maximum absolute atomic E-state index is 13.2. The summed E-state index contributed by atoms with van der Waals surface area (Å²) in [5.41, 5.74) is -0.485. The number of carbonyl (C=O) groups excluding carboxylic acids is 2. The smallest absolute Gasteiger partial charge is 0.411 e. The summed E-state index contributed by atoms with van der Waals surface area (Å²) >= 11 is 0. The van der Waals surface area contributed by atoms with Crippen molar-refractivity contribution in [2.24, 2.45) is 5.92 Å². The van der Waals surface area contributed by atoms with Crippen molar-refractivity contribution in [3.8, 4) is 11.5 Å². The van der Waals surface area contributed by atoms with E-state index in [2.05, 4.69) is 0 Å².